The molecule has 10 atom stereocenters. The van der Waals surface area contributed by atoms with Crippen LogP contribution in [0.2, 0.25) is 0 Å². The van der Waals surface area contributed by atoms with Crippen molar-refractivity contribution >= 4 is 104 Å². The molecule has 26 N–H and O–H groups in total. The van der Waals surface area contributed by atoms with E-state index >= 15 is 4.79 Å². The molecule has 0 aromatic heterocycles. The van der Waals surface area contributed by atoms with Gasteiger partial charge in [-0.3, -0.25) is 67.7 Å². The number of phenols is 1. The van der Waals surface area contributed by atoms with Crippen molar-refractivity contribution in [1.29, 1.82) is 0 Å². The minimum atomic E-state index is -1.65. The van der Waals surface area contributed by atoms with E-state index < -0.39 is 143 Å². The molecule has 2 aromatic rings. The Morgan fingerprint density at radius 3 is 1.76 bits per heavy atom. The van der Waals surface area contributed by atoms with E-state index in [1.165, 1.54) is 17.0 Å². The van der Waals surface area contributed by atoms with Crippen molar-refractivity contribution in [3.63, 3.8) is 0 Å². The fourth-order valence-electron chi connectivity index (χ4n) is 9.94. The first-order chi connectivity index (χ1) is 44.5. The summed E-state index contributed by atoms with van der Waals surface area (Å²) in [7, 11) is 1.96. The monoisotopic (exact) mass is 1350 g/mol. The van der Waals surface area contributed by atoms with Gasteiger partial charge in [-0.25, -0.2) is 0 Å². The lowest BCUT2D eigenvalue weighted by Crippen LogP contribution is -2.63. The number of benzene rings is 2. The summed E-state index contributed by atoms with van der Waals surface area (Å²) >= 11 is 0. The minimum Gasteiger partial charge on any atom is -0.508 e. The van der Waals surface area contributed by atoms with Gasteiger partial charge in [-0.15, -0.1) is 0 Å². The normalized spacial score (nSPS) is 21.7. The van der Waals surface area contributed by atoms with Gasteiger partial charge in [-0.05, 0) is 101 Å². The highest BCUT2D eigenvalue weighted by Gasteiger charge is 2.43. The van der Waals surface area contributed by atoms with E-state index in [4.69, 9.17) is 45.9 Å². The van der Waals surface area contributed by atoms with E-state index in [1.54, 1.807) is 70.2 Å². The molecule has 2 saturated heterocycles. The van der Waals surface area contributed by atoms with Crippen LogP contribution in [-0.4, -0.2) is 197 Å². The first kappa shape index (κ1) is 77.3. The van der Waals surface area contributed by atoms with Crippen LogP contribution in [0.3, 0.4) is 0 Å². The zero-order valence-corrected chi connectivity index (χ0v) is 55.0. The fourth-order valence-corrected chi connectivity index (χ4v) is 12.8. The molecular weight excluding hydrogens is 1260 g/mol. The number of carbonyl (C=O) groups is 11. The number of hydrogen-bond donors (Lipinski definition) is 18. The lowest BCUT2D eigenvalue weighted by Gasteiger charge is -2.35. The summed E-state index contributed by atoms with van der Waals surface area (Å²) < 4.78 is -1.46. The smallest absolute Gasteiger partial charge is 0.245 e. The Balaban J connectivity index is 1.78. The number of amides is 11. The molecule has 0 spiro atoms. The van der Waals surface area contributed by atoms with Crippen molar-refractivity contribution in [3.8, 4) is 5.75 Å². The first-order valence-corrected chi connectivity index (χ1v) is 33.1. The molecule has 11 amide bonds. The Hall–Kier alpha value is -9.12. The number of rotatable bonds is 27. The van der Waals surface area contributed by atoms with Gasteiger partial charge in [0.25, 0.3) is 0 Å². The van der Waals surface area contributed by atoms with Crippen LogP contribution in [0.15, 0.2) is 69.6 Å². The molecular formula is C59H93N21O12S2. The largest absolute Gasteiger partial charge is 0.508 e. The van der Waals surface area contributed by atoms with E-state index in [-0.39, 0.29) is 113 Å². The molecule has 35 heteroatoms. The molecule has 518 valence electrons. The average Bonchev–Trinajstić information content (AvgIpc) is 1.73. The van der Waals surface area contributed by atoms with Crippen LogP contribution in [0.25, 0.3) is 0 Å². The zero-order valence-electron chi connectivity index (χ0n) is 53.4. The van der Waals surface area contributed by atoms with E-state index in [2.05, 4.69) is 62.8 Å². The van der Waals surface area contributed by atoms with Crippen LogP contribution >= 0.6 is 21.6 Å². The van der Waals surface area contributed by atoms with Gasteiger partial charge < -0.3 is 104 Å². The first-order valence-electron chi connectivity index (χ1n) is 30.8. The molecule has 2 aliphatic heterocycles. The van der Waals surface area contributed by atoms with E-state index in [1.807, 2.05) is 0 Å². The third-order valence-electron chi connectivity index (χ3n) is 15.3. The second kappa shape index (κ2) is 38.8. The second-order valence-electron chi connectivity index (χ2n) is 23.2. The van der Waals surface area contributed by atoms with Gasteiger partial charge >= 0.3 is 0 Å². The predicted octanol–water partition coefficient (Wildman–Crippen LogP) is -5.01. The molecule has 0 bridgehead atoms. The third kappa shape index (κ3) is 26.5. The summed E-state index contributed by atoms with van der Waals surface area (Å²) in [6.45, 7) is 5.47. The molecule has 2 heterocycles. The number of nitrogens with zero attached hydrogens (tertiary/aromatic N) is 4. The average molecular weight is 1350 g/mol. The molecule has 4 rings (SSSR count). The quantitative estimate of drug-likeness (QED) is 0.0172. The highest BCUT2D eigenvalue weighted by molar-refractivity contribution is 8.77. The summed E-state index contributed by atoms with van der Waals surface area (Å²) in [6, 6.07) is 2.28. The SMILES string of the molecule is CC[C@H](C)[C@@H]1NC(=O)[C@H](CCCN=C(N)N)NC(=O)[C@H](CCCN=C(N)N)NC(=O)[C@@H](NC(=O)[C@H](Cc2ccccc2)NC(=O)CNC(=O)CNC(=O)[C@@H](N)Cc2ccc(O)cc2)C(C)(C)SSC[C@H](C(N)=O)NC(=O)[C@@H]2CCCN2C(=O)[C@H](CCCN=C(N)N)NC1=O. The standard InChI is InChI=1S/C59H93N21O12S2/c1-5-32(2)45-53(90)76-39(17-11-25-70-58(66)67)55(92)80-26-12-18-42(80)52(89)77-41(47(61)84)31-93-94-59(3,4)46(54(91)75-37(15-9-23-68-56(62)63)49(86)74-38(50(87)78-45)16-10-24-69-57(64)65)79-51(88)40(28-33-13-7-6-8-14-33)73-44(83)30-71-43(82)29-72-48(85)36(60)27-34-19-21-35(81)22-20-34/h6-8,13-14,19-22,32,36-42,45-46,81H,5,9-12,15-18,23-31,60H2,1-4H3,(H2,61,84)(H,71,82)(H,72,85)(H,73,83)(H,74,86)(H,75,91)(H,76,90)(H,77,89)(H,78,87)(H,79,88)(H4,62,63,68)(H4,64,65,69)(H4,66,67,70)/t32-,36-,37-,38-,39-,40-,41+,42-,45-,46+/m0/s1. The lowest BCUT2D eigenvalue weighted by molar-refractivity contribution is -0.142. The number of phenolic OH excluding ortho intramolecular Hbond substituents is 1. The fraction of sp³-hybridized carbons (Fsp3) is 0.559. The molecule has 0 unspecified atom stereocenters. The Labute approximate surface area is 553 Å². The van der Waals surface area contributed by atoms with Gasteiger partial charge in [0.15, 0.2) is 17.9 Å². The van der Waals surface area contributed by atoms with Gasteiger partial charge in [-0.2, -0.15) is 0 Å². The number of hydrogen-bond acceptors (Lipinski definition) is 18. The Bertz CT molecular complexity index is 3020. The number of carbonyl (C=O) groups excluding carboxylic acids is 11. The van der Waals surface area contributed by atoms with Gasteiger partial charge in [0.2, 0.25) is 65.0 Å². The molecule has 2 fully saturated rings. The van der Waals surface area contributed by atoms with Crippen molar-refractivity contribution in [3.05, 3.63) is 65.7 Å². The van der Waals surface area contributed by atoms with Crippen LogP contribution < -0.4 is 93.7 Å². The van der Waals surface area contributed by atoms with Crippen molar-refractivity contribution in [2.75, 3.05) is 45.0 Å². The Morgan fingerprint density at radius 1 is 0.660 bits per heavy atom. The summed E-state index contributed by atoms with van der Waals surface area (Å²) in [6.07, 6.45) is 0.818. The number of nitrogens with two attached hydrogens (primary N) is 8. The number of guanidine groups is 3. The summed E-state index contributed by atoms with van der Waals surface area (Å²) in [5.74, 6) is -10.6. The number of aliphatic imine (C=N–C) groups is 3. The van der Waals surface area contributed by atoms with Crippen molar-refractivity contribution in [2.45, 2.75) is 157 Å². The van der Waals surface area contributed by atoms with Crippen LogP contribution in [0.1, 0.15) is 96.6 Å². The van der Waals surface area contributed by atoms with Gasteiger partial charge in [0, 0.05) is 43.1 Å². The number of aromatic hydroxyl groups is 1. The maximum atomic E-state index is 15.3. The maximum Gasteiger partial charge on any atom is 0.245 e. The number of primary amides is 1. The zero-order chi connectivity index (χ0) is 69.7. The highest BCUT2D eigenvalue weighted by Crippen LogP contribution is 2.39. The van der Waals surface area contributed by atoms with Crippen LogP contribution in [0.4, 0.5) is 0 Å². The van der Waals surface area contributed by atoms with Crippen LogP contribution in [-0.2, 0) is 65.6 Å². The molecule has 33 nitrogen and oxygen atoms in total. The predicted molar refractivity (Wildman–Crippen MR) is 357 cm³/mol. The molecule has 2 aromatic carbocycles. The maximum absolute atomic E-state index is 15.3. The van der Waals surface area contributed by atoms with E-state index in [0.717, 1.165) is 21.6 Å². The van der Waals surface area contributed by atoms with Gasteiger partial charge in [0.1, 0.15) is 54.1 Å². The van der Waals surface area contributed by atoms with Crippen LogP contribution in [0, 0.1) is 5.92 Å². The van der Waals surface area contributed by atoms with Gasteiger partial charge in [-0.1, -0.05) is 84.3 Å². The topological polar surface area (TPSA) is 565 Å². The highest BCUT2D eigenvalue weighted by atomic mass is 33.1. The summed E-state index contributed by atoms with van der Waals surface area (Å²) in [4.78, 5) is 169. The van der Waals surface area contributed by atoms with Crippen LogP contribution in [0.5, 0.6) is 5.75 Å². The molecule has 0 aliphatic carbocycles. The third-order valence-corrected chi connectivity index (χ3v) is 18.6. The summed E-state index contributed by atoms with van der Waals surface area (Å²) in [5, 5.41) is 33.5. The Kier molecular flexibility index (Phi) is 31.9. The number of nitrogens with one attached hydrogen (secondary N) is 9. The van der Waals surface area contributed by atoms with Crippen molar-refractivity contribution in [2.24, 2.45) is 66.8 Å². The van der Waals surface area contributed by atoms with E-state index in [0.29, 0.717) is 24.0 Å². The molecule has 0 saturated carbocycles. The lowest BCUT2D eigenvalue weighted by atomic mass is 9.96. The minimum absolute atomic E-state index is 0.00159. The van der Waals surface area contributed by atoms with E-state index in [9.17, 15) is 53.1 Å². The van der Waals surface area contributed by atoms with Crippen molar-refractivity contribution < 1.29 is 57.8 Å². The second-order valence-corrected chi connectivity index (χ2v) is 26.2. The Morgan fingerprint density at radius 2 is 1.19 bits per heavy atom. The molecule has 2 aliphatic rings. The molecule has 0 radical (unpaired) electrons. The number of fused-ring (bicyclic) bond motifs is 1. The van der Waals surface area contributed by atoms with Gasteiger partial charge in [0.05, 0.1) is 19.1 Å². The van der Waals surface area contributed by atoms with Crippen molar-refractivity contribution in [1.82, 2.24) is 52.8 Å². The molecule has 94 heavy (non-hydrogen) atoms. The summed E-state index contributed by atoms with van der Waals surface area (Å²) in [5.41, 5.74) is 46.8.